The molecule has 3 aromatic rings. The van der Waals surface area contributed by atoms with Gasteiger partial charge < -0.3 is 20.1 Å². The van der Waals surface area contributed by atoms with Crippen LogP contribution in [0.25, 0.3) is 0 Å². The monoisotopic (exact) mass is 378 g/mol. The number of nitrogens with zero attached hydrogens (tertiary/aromatic N) is 2. The van der Waals surface area contributed by atoms with Crippen molar-refractivity contribution in [1.29, 1.82) is 0 Å². The number of ether oxygens (including phenoxy) is 2. The SMILES string of the molecule is COc1ccc(OCCNC(=O)c2cc(Nc3cccc(C)c3)ncn2)cc1. The Balaban J connectivity index is 1.50. The van der Waals surface area contributed by atoms with Crippen LogP contribution >= 0.6 is 0 Å². The molecule has 28 heavy (non-hydrogen) atoms. The molecule has 2 N–H and O–H groups in total. The molecule has 1 aromatic heterocycles. The molecule has 0 aliphatic carbocycles. The first-order chi connectivity index (χ1) is 13.6. The molecule has 0 bridgehead atoms. The number of hydrogen-bond acceptors (Lipinski definition) is 6. The summed E-state index contributed by atoms with van der Waals surface area (Å²) in [6.07, 6.45) is 1.36. The summed E-state index contributed by atoms with van der Waals surface area (Å²) in [6, 6.07) is 16.8. The van der Waals surface area contributed by atoms with Gasteiger partial charge in [0.2, 0.25) is 0 Å². The number of methoxy groups -OCH3 is 1. The van der Waals surface area contributed by atoms with Gasteiger partial charge in [0.15, 0.2) is 0 Å². The minimum Gasteiger partial charge on any atom is -0.497 e. The van der Waals surface area contributed by atoms with Crippen molar-refractivity contribution < 1.29 is 14.3 Å². The Bertz CT molecular complexity index is 929. The van der Waals surface area contributed by atoms with Crippen LogP contribution in [0.15, 0.2) is 60.9 Å². The van der Waals surface area contributed by atoms with E-state index in [2.05, 4.69) is 20.6 Å². The molecule has 0 radical (unpaired) electrons. The Morgan fingerprint density at radius 3 is 2.57 bits per heavy atom. The van der Waals surface area contributed by atoms with Gasteiger partial charge in [0, 0.05) is 11.8 Å². The molecule has 1 heterocycles. The number of benzene rings is 2. The van der Waals surface area contributed by atoms with E-state index in [4.69, 9.17) is 9.47 Å². The zero-order valence-electron chi connectivity index (χ0n) is 15.8. The lowest BCUT2D eigenvalue weighted by molar-refractivity contribution is 0.0942. The molecule has 2 aromatic carbocycles. The van der Waals surface area contributed by atoms with Crippen molar-refractivity contribution in [3.63, 3.8) is 0 Å². The third-order valence-electron chi connectivity index (χ3n) is 3.91. The van der Waals surface area contributed by atoms with E-state index in [0.29, 0.717) is 24.7 Å². The van der Waals surface area contributed by atoms with Crippen LogP contribution in [-0.4, -0.2) is 36.1 Å². The average molecular weight is 378 g/mol. The minimum atomic E-state index is -0.284. The lowest BCUT2D eigenvalue weighted by Gasteiger charge is -2.09. The molecule has 0 saturated carbocycles. The van der Waals surface area contributed by atoms with Crippen LogP contribution in [-0.2, 0) is 0 Å². The number of nitrogens with one attached hydrogen (secondary N) is 2. The molecule has 144 valence electrons. The summed E-state index contributed by atoms with van der Waals surface area (Å²) in [6.45, 7) is 2.71. The fourth-order valence-corrected chi connectivity index (χ4v) is 2.52. The van der Waals surface area contributed by atoms with Crippen molar-refractivity contribution >= 4 is 17.4 Å². The van der Waals surface area contributed by atoms with Crippen LogP contribution in [0.4, 0.5) is 11.5 Å². The highest BCUT2D eigenvalue weighted by Gasteiger charge is 2.08. The molecule has 0 aliphatic rings. The number of rotatable bonds is 8. The lowest BCUT2D eigenvalue weighted by Crippen LogP contribution is -2.28. The molecule has 1 amide bonds. The summed E-state index contributed by atoms with van der Waals surface area (Å²) >= 11 is 0. The largest absolute Gasteiger partial charge is 0.497 e. The van der Waals surface area contributed by atoms with Crippen LogP contribution in [0, 0.1) is 6.92 Å². The maximum Gasteiger partial charge on any atom is 0.270 e. The quantitative estimate of drug-likeness (QED) is 0.585. The summed E-state index contributed by atoms with van der Waals surface area (Å²) in [5.41, 5.74) is 2.32. The molecule has 0 aliphatic heterocycles. The number of aryl methyl sites for hydroxylation is 1. The molecule has 7 heteroatoms. The first-order valence-corrected chi connectivity index (χ1v) is 8.85. The van der Waals surface area contributed by atoms with E-state index in [1.54, 1.807) is 13.2 Å². The van der Waals surface area contributed by atoms with Crippen LogP contribution in [0.2, 0.25) is 0 Å². The van der Waals surface area contributed by atoms with Gasteiger partial charge in [-0.15, -0.1) is 0 Å². The van der Waals surface area contributed by atoms with E-state index >= 15 is 0 Å². The predicted octanol–water partition coefficient (Wildman–Crippen LogP) is 3.35. The fraction of sp³-hybridized carbons (Fsp3) is 0.190. The van der Waals surface area contributed by atoms with Gasteiger partial charge in [0.25, 0.3) is 5.91 Å². The number of carbonyl (C=O) groups excluding carboxylic acids is 1. The highest BCUT2D eigenvalue weighted by atomic mass is 16.5. The predicted molar refractivity (Wildman–Crippen MR) is 107 cm³/mol. The number of anilines is 2. The molecule has 0 atom stereocenters. The highest BCUT2D eigenvalue weighted by Crippen LogP contribution is 2.17. The third-order valence-corrected chi connectivity index (χ3v) is 3.91. The van der Waals surface area contributed by atoms with Gasteiger partial charge >= 0.3 is 0 Å². The maximum atomic E-state index is 12.3. The Kier molecular flexibility index (Phi) is 6.41. The smallest absolute Gasteiger partial charge is 0.270 e. The highest BCUT2D eigenvalue weighted by molar-refractivity contribution is 5.92. The van der Waals surface area contributed by atoms with Crippen molar-refractivity contribution in [2.75, 3.05) is 25.6 Å². The van der Waals surface area contributed by atoms with Crippen LogP contribution in [0.3, 0.4) is 0 Å². The van der Waals surface area contributed by atoms with Gasteiger partial charge in [-0.1, -0.05) is 12.1 Å². The first-order valence-electron chi connectivity index (χ1n) is 8.85. The average Bonchev–Trinajstić information content (AvgIpc) is 2.72. The summed E-state index contributed by atoms with van der Waals surface area (Å²) in [4.78, 5) is 20.5. The second-order valence-corrected chi connectivity index (χ2v) is 6.06. The molecular formula is C21H22N4O3. The van der Waals surface area contributed by atoms with Gasteiger partial charge in [0.1, 0.15) is 35.9 Å². The molecule has 0 saturated heterocycles. The van der Waals surface area contributed by atoms with E-state index in [1.807, 2.05) is 55.5 Å². The van der Waals surface area contributed by atoms with E-state index in [1.165, 1.54) is 6.33 Å². The van der Waals surface area contributed by atoms with Crippen LogP contribution in [0.5, 0.6) is 11.5 Å². The maximum absolute atomic E-state index is 12.3. The van der Waals surface area contributed by atoms with Crippen LogP contribution in [0.1, 0.15) is 16.1 Å². The van der Waals surface area contributed by atoms with Crippen molar-refractivity contribution in [2.24, 2.45) is 0 Å². The second-order valence-electron chi connectivity index (χ2n) is 6.06. The van der Waals surface area contributed by atoms with Crippen molar-refractivity contribution in [1.82, 2.24) is 15.3 Å². The van der Waals surface area contributed by atoms with Crippen molar-refractivity contribution in [3.05, 3.63) is 72.2 Å². The summed E-state index contributed by atoms with van der Waals surface area (Å²) in [5.74, 6) is 1.74. The minimum absolute atomic E-state index is 0.284. The van der Waals surface area contributed by atoms with Gasteiger partial charge in [-0.25, -0.2) is 9.97 Å². The Hall–Kier alpha value is -3.61. The first kappa shape index (κ1) is 19.2. The zero-order valence-corrected chi connectivity index (χ0v) is 15.8. The van der Waals surface area contributed by atoms with E-state index in [0.717, 1.165) is 17.0 Å². The third kappa shape index (κ3) is 5.44. The van der Waals surface area contributed by atoms with Gasteiger partial charge in [-0.05, 0) is 48.9 Å². The van der Waals surface area contributed by atoms with Gasteiger partial charge in [-0.3, -0.25) is 4.79 Å². The number of carbonyl (C=O) groups is 1. The molecular weight excluding hydrogens is 356 g/mol. The molecule has 0 fully saturated rings. The lowest BCUT2D eigenvalue weighted by atomic mass is 10.2. The van der Waals surface area contributed by atoms with Crippen LogP contribution < -0.4 is 20.1 Å². The van der Waals surface area contributed by atoms with Gasteiger partial charge in [0.05, 0.1) is 13.7 Å². The van der Waals surface area contributed by atoms with Crippen molar-refractivity contribution in [2.45, 2.75) is 6.92 Å². The number of amides is 1. The molecule has 3 rings (SSSR count). The second kappa shape index (κ2) is 9.36. The van der Waals surface area contributed by atoms with Crippen molar-refractivity contribution in [3.8, 4) is 11.5 Å². The summed E-state index contributed by atoms with van der Waals surface area (Å²) in [5, 5.41) is 5.96. The fourth-order valence-electron chi connectivity index (χ4n) is 2.52. The molecule has 7 nitrogen and oxygen atoms in total. The van der Waals surface area contributed by atoms with E-state index in [-0.39, 0.29) is 11.6 Å². The molecule has 0 unspecified atom stereocenters. The number of hydrogen-bond donors (Lipinski definition) is 2. The van der Waals surface area contributed by atoms with E-state index in [9.17, 15) is 4.79 Å². The summed E-state index contributed by atoms with van der Waals surface area (Å²) in [7, 11) is 1.61. The van der Waals surface area contributed by atoms with Gasteiger partial charge in [-0.2, -0.15) is 0 Å². The topological polar surface area (TPSA) is 85.4 Å². The standard InChI is InChI=1S/C21H22N4O3/c1-15-4-3-5-16(12-15)25-20-13-19(23-14-24-20)21(26)22-10-11-28-18-8-6-17(27-2)7-9-18/h3-9,12-14H,10-11H2,1-2H3,(H,22,26)(H,23,24,25). The zero-order chi connectivity index (χ0) is 19.8. The normalized spacial score (nSPS) is 10.2. The summed E-state index contributed by atoms with van der Waals surface area (Å²) < 4.78 is 10.7. The molecule has 0 spiro atoms. The number of aromatic nitrogens is 2. The van der Waals surface area contributed by atoms with E-state index < -0.39 is 0 Å². The Morgan fingerprint density at radius 2 is 1.82 bits per heavy atom. The Morgan fingerprint density at radius 1 is 1.04 bits per heavy atom. The Labute approximate surface area is 163 Å².